The van der Waals surface area contributed by atoms with Gasteiger partial charge in [-0.1, -0.05) is 20.4 Å². The molecule has 134 valence electrons. The number of carbonyl (C=O) groups is 2. The first-order valence-corrected chi connectivity index (χ1v) is 8.82. The van der Waals surface area contributed by atoms with Gasteiger partial charge in [-0.2, -0.15) is 0 Å². The van der Waals surface area contributed by atoms with E-state index in [1.54, 1.807) is 0 Å². The van der Waals surface area contributed by atoms with Crippen molar-refractivity contribution in [2.45, 2.75) is 64.4 Å². The fraction of sp³-hybridized carbons (Fsp3) is 0.789. The third kappa shape index (κ3) is 2.57. The fourth-order valence-electron chi connectivity index (χ4n) is 6.90. The summed E-state index contributed by atoms with van der Waals surface area (Å²) in [6.45, 7) is 7.86. The standard InChI is InChI=1S/C19H28O5/c1-4-14(20)24-7-5-6-13-18(15(21)22)9-16(2)8-17(3,10-18)12-19(13,23)11-16/h4,13,23H,1,5-12H2,2-3H3,(H,21,22). The number of esters is 1. The molecule has 0 aromatic rings. The Labute approximate surface area is 143 Å². The van der Waals surface area contributed by atoms with Gasteiger partial charge in [-0.25, -0.2) is 4.79 Å². The van der Waals surface area contributed by atoms with Crippen LogP contribution >= 0.6 is 0 Å². The molecule has 4 aliphatic carbocycles. The lowest BCUT2D eigenvalue weighted by Gasteiger charge is -2.70. The van der Waals surface area contributed by atoms with E-state index < -0.39 is 23.0 Å². The van der Waals surface area contributed by atoms with E-state index in [-0.39, 0.29) is 23.4 Å². The van der Waals surface area contributed by atoms with Gasteiger partial charge in [0.05, 0.1) is 17.6 Å². The Morgan fingerprint density at radius 2 is 1.75 bits per heavy atom. The largest absolute Gasteiger partial charge is 0.481 e. The number of hydrogen-bond acceptors (Lipinski definition) is 4. The summed E-state index contributed by atoms with van der Waals surface area (Å²) in [7, 11) is 0. The average molecular weight is 336 g/mol. The highest BCUT2D eigenvalue weighted by molar-refractivity contribution is 5.81. The van der Waals surface area contributed by atoms with Crippen molar-refractivity contribution in [3.63, 3.8) is 0 Å². The minimum Gasteiger partial charge on any atom is -0.481 e. The minimum atomic E-state index is -0.918. The van der Waals surface area contributed by atoms with E-state index in [0.717, 1.165) is 12.5 Å². The van der Waals surface area contributed by atoms with Gasteiger partial charge in [-0.15, -0.1) is 0 Å². The Morgan fingerprint density at radius 3 is 2.25 bits per heavy atom. The molecule has 2 N–H and O–H groups in total. The topological polar surface area (TPSA) is 83.8 Å². The Balaban J connectivity index is 1.82. The smallest absolute Gasteiger partial charge is 0.330 e. The van der Waals surface area contributed by atoms with E-state index in [2.05, 4.69) is 20.4 Å². The molecule has 0 spiro atoms. The van der Waals surface area contributed by atoms with Gasteiger partial charge >= 0.3 is 11.9 Å². The molecule has 5 nitrogen and oxygen atoms in total. The number of aliphatic hydroxyl groups is 1. The summed E-state index contributed by atoms with van der Waals surface area (Å²) in [4.78, 5) is 23.4. The van der Waals surface area contributed by atoms with Crippen molar-refractivity contribution < 1.29 is 24.5 Å². The summed E-state index contributed by atoms with van der Waals surface area (Å²) in [6, 6.07) is 0. The molecule has 4 fully saturated rings. The lowest BCUT2D eigenvalue weighted by Crippen LogP contribution is -2.69. The van der Waals surface area contributed by atoms with Crippen LogP contribution in [-0.4, -0.2) is 34.4 Å². The molecule has 5 heteroatoms. The molecule has 0 aromatic heterocycles. The van der Waals surface area contributed by atoms with E-state index in [9.17, 15) is 19.8 Å². The molecule has 0 aromatic carbocycles. The van der Waals surface area contributed by atoms with Gasteiger partial charge in [0, 0.05) is 12.0 Å². The number of ether oxygens (including phenoxy) is 1. The van der Waals surface area contributed by atoms with Crippen molar-refractivity contribution in [2.75, 3.05) is 6.61 Å². The highest BCUT2D eigenvalue weighted by Gasteiger charge is 2.72. The molecule has 4 aliphatic rings. The Hall–Kier alpha value is -1.36. The first-order valence-electron chi connectivity index (χ1n) is 8.82. The quantitative estimate of drug-likeness (QED) is 0.443. The van der Waals surface area contributed by atoms with E-state index in [1.807, 2.05) is 0 Å². The van der Waals surface area contributed by atoms with Gasteiger partial charge in [0.2, 0.25) is 0 Å². The van der Waals surface area contributed by atoms with Crippen molar-refractivity contribution in [1.29, 1.82) is 0 Å². The lowest BCUT2D eigenvalue weighted by molar-refractivity contribution is -0.266. The second-order valence-corrected chi connectivity index (χ2v) is 9.14. The van der Waals surface area contributed by atoms with Crippen molar-refractivity contribution in [1.82, 2.24) is 0 Å². The molecule has 4 saturated carbocycles. The molecule has 3 atom stereocenters. The van der Waals surface area contributed by atoms with E-state index >= 15 is 0 Å². The van der Waals surface area contributed by atoms with Crippen LogP contribution in [0.3, 0.4) is 0 Å². The number of hydrogen-bond donors (Lipinski definition) is 2. The zero-order chi connectivity index (χ0) is 17.8. The second kappa shape index (κ2) is 5.32. The summed E-state index contributed by atoms with van der Waals surface area (Å²) >= 11 is 0. The number of carbonyl (C=O) groups excluding carboxylic acids is 1. The summed E-state index contributed by atoms with van der Waals surface area (Å²) in [5, 5.41) is 21.4. The van der Waals surface area contributed by atoms with Crippen LogP contribution in [0.2, 0.25) is 0 Å². The molecular formula is C19H28O5. The third-order valence-corrected chi connectivity index (χ3v) is 6.59. The Kier molecular flexibility index (Phi) is 3.87. The molecule has 4 bridgehead atoms. The molecule has 0 radical (unpaired) electrons. The van der Waals surface area contributed by atoms with Crippen LogP contribution in [0, 0.1) is 22.2 Å². The molecule has 0 aliphatic heterocycles. The molecule has 3 unspecified atom stereocenters. The maximum absolute atomic E-state index is 12.3. The van der Waals surface area contributed by atoms with Crippen molar-refractivity contribution in [3.8, 4) is 0 Å². The monoisotopic (exact) mass is 336 g/mol. The van der Waals surface area contributed by atoms with Crippen LogP contribution in [0.4, 0.5) is 0 Å². The summed E-state index contributed by atoms with van der Waals surface area (Å²) in [6.07, 6.45) is 5.91. The average Bonchev–Trinajstić information content (AvgIpc) is 2.41. The summed E-state index contributed by atoms with van der Waals surface area (Å²) in [5.74, 6) is -1.51. The van der Waals surface area contributed by atoms with Gasteiger partial charge in [0.25, 0.3) is 0 Å². The van der Waals surface area contributed by atoms with Crippen LogP contribution in [0.5, 0.6) is 0 Å². The normalized spacial score (nSPS) is 45.9. The van der Waals surface area contributed by atoms with Gasteiger partial charge in [0.15, 0.2) is 0 Å². The van der Waals surface area contributed by atoms with Gasteiger partial charge in [0.1, 0.15) is 0 Å². The third-order valence-electron chi connectivity index (χ3n) is 6.59. The molecule has 24 heavy (non-hydrogen) atoms. The van der Waals surface area contributed by atoms with Crippen LogP contribution in [0.25, 0.3) is 0 Å². The maximum Gasteiger partial charge on any atom is 0.330 e. The van der Waals surface area contributed by atoms with Crippen LogP contribution in [-0.2, 0) is 14.3 Å². The number of aliphatic carboxylic acids is 1. The highest BCUT2D eigenvalue weighted by Crippen LogP contribution is 2.73. The molecule has 0 amide bonds. The molecular weight excluding hydrogens is 308 g/mol. The van der Waals surface area contributed by atoms with Crippen molar-refractivity contribution >= 4 is 11.9 Å². The fourth-order valence-corrected chi connectivity index (χ4v) is 6.90. The summed E-state index contributed by atoms with van der Waals surface area (Å²) in [5.41, 5.74) is -1.96. The maximum atomic E-state index is 12.3. The van der Waals surface area contributed by atoms with Gasteiger partial charge in [-0.3, -0.25) is 4.79 Å². The molecule has 4 rings (SSSR count). The predicted octanol–water partition coefficient (Wildman–Crippen LogP) is 2.92. The van der Waals surface area contributed by atoms with E-state index in [0.29, 0.717) is 38.5 Å². The zero-order valence-electron chi connectivity index (χ0n) is 14.6. The van der Waals surface area contributed by atoms with E-state index in [1.165, 1.54) is 0 Å². The highest BCUT2D eigenvalue weighted by atomic mass is 16.5. The Morgan fingerprint density at radius 1 is 1.17 bits per heavy atom. The van der Waals surface area contributed by atoms with Gasteiger partial charge in [-0.05, 0) is 55.8 Å². The number of carboxylic acid groups (broad SMARTS) is 1. The first kappa shape index (κ1) is 17.5. The van der Waals surface area contributed by atoms with Crippen LogP contribution in [0.15, 0.2) is 12.7 Å². The lowest BCUT2D eigenvalue weighted by atomic mass is 9.35. The minimum absolute atomic E-state index is 0.0931. The number of carboxylic acids is 1. The van der Waals surface area contributed by atoms with Crippen molar-refractivity contribution in [3.05, 3.63) is 12.7 Å². The molecule has 0 saturated heterocycles. The predicted molar refractivity (Wildman–Crippen MR) is 88.2 cm³/mol. The van der Waals surface area contributed by atoms with Gasteiger partial charge < -0.3 is 14.9 Å². The zero-order valence-corrected chi connectivity index (χ0v) is 14.6. The van der Waals surface area contributed by atoms with E-state index in [4.69, 9.17) is 4.74 Å². The first-order chi connectivity index (χ1) is 11.1. The molecule has 0 heterocycles. The summed E-state index contributed by atoms with van der Waals surface area (Å²) < 4.78 is 5.01. The van der Waals surface area contributed by atoms with Crippen LogP contribution in [0.1, 0.15) is 58.8 Å². The SMILES string of the molecule is C=CC(=O)OCCCC1C2(O)CC3(C)CC(C)(C2)CC1(C(=O)O)C3. The second-order valence-electron chi connectivity index (χ2n) is 9.14. The van der Waals surface area contributed by atoms with Crippen molar-refractivity contribution in [2.24, 2.45) is 22.2 Å². The van der Waals surface area contributed by atoms with Crippen LogP contribution < -0.4 is 0 Å². The number of rotatable bonds is 6. The Bertz CT molecular complexity index is 562.